The Morgan fingerprint density at radius 2 is 2.20 bits per heavy atom. The molecule has 2 aromatic rings. The Bertz CT molecular complexity index is 442. The minimum atomic E-state index is -0.122. The summed E-state index contributed by atoms with van der Waals surface area (Å²) in [6.07, 6.45) is 1.19. The normalized spacial score (nSPS) is 9.40. The first kappa shape index (κ1) is 11.8. The number of nitrogens with zero attached hydrogens (tertiary/aromatic N) is 1. The average molecular weight is 239 g/mol. The molecule has 0 fully saturated rings. The van der Waals surface area contributed by atoms with Crippen molar-refractivity contribution in [1.29, 1.82) is 0 Å². The van der Waals surface area contributed by atoms with Crippen LogP contribution >= 0.6 is 0 Å². The van der Waals surface area contributed by atoms with Crippen LogP contribution in [0.5, 0.6) is 11.6 Å². The Hall–Kier alpha value is -1.26. The number of oxazole rings is 1. The number of methoxy groups -OCH3 is 1. The Kier molecular flexibility index (Phi) is 3.94. The SMILES string of the molecule is COc1cccc(-c2nc(O)co2)c1.[Ti]. The Balaban J connectivity index is 0.00000112. The zero-order chi connectivity index (χ0) is 9.97. The third-order valence-electron chi connectivity index (χ3n) is 1.81. The van der Waals surface area contributed by atoms with Gasteiger partial charge in [0.05, 0.1) is 7.11 Å². The Morgan fingerprint density at radius 1 is 1.40 bits per heavy atom. The summed E-state index contributed by atoms with van der Waals surface area (Å²) >= 11 is 0. The molecule has 1 heterocycles. The van der Waals surface area contributed by atoms with Crippen molar-refractivity contribution in [3.63, 3.8) is 0 Å². The summed E-state index contributed by atoms with van der Waals surface area (Å²) in [6, 6.07) is 7.26. The molecule has 4 nitrogen and oxygen atoms in total. The van der Waals surface area contributed by atoms with Gasteiger partial charge in [-0.05, 0) is 18.2 Å². The van der Waals surface area contributed by atoms with E-state index in [1.165, 1.54) is 6.26 Å². The summed E-state index contributed by atoms with van der Waals surface area (Å²) in [7, 11) is 1.59. The summed E-state index contributed by atoms with van der Waals surface area (Å²) in [4.78, 5) is 3.79. The van der Waals surface area contributed by atoms with Gasteiger partial charge in [0.1, 0.15) is 5.75 Å². The molecule has 0 bridgehead atoms. The number of aromatic hydroxyl groups is 1. The number of rotatable bonds is 2. The number of hydrogen-bond donors (Lipinski definition) is 1. The van der Waals surface area contributed by atoms with Crippen LogP contribution in [-0.2, 0) is 21.7 Å². The topological polar surface area (TPSA) is 55.5 Å². The number of hydrogen-bond acceptors (Lipinski definition) is 4. The molecule has 0 saturated carbocycles. The van der Waals surface area contributed by atoms with Crippen molar-refractivity contribution in [3.8, 4) is 23.1 Å². The second-order valence-electron chi connectivity index (χ2n) is 2.74. The van der Waals surface area contributed by atoms with E-state index in [1.54, 1.807) is 13.2 Å². The first-order valence-electron chi connectivity index (χ1n) is 4.08. The molecule has 1 aromatic carbocycles. The van der Waals surface area contributed by atoms with E-state index >= 15 is 0 Å². The van der Waals surface area contributed by atoms with Crippen LogP contribution < -0.4 is 4.74 Å². The first-order valence-corrected chi connectivity index (χ1v) is 4.08. The van der Waals surface area contributed by atoms with Crippen molar-refractivity contribution in [2.75, 3.05) is 7.11 Å². The van der Waals surface area contributed by atoms with E-state index in [0.29, 0.717) is 5.89 Å². The van der Waals surface area contributed by atoms with Crippen LogP contribution in [0.1, 0.15) is 0 Å². The van der Waals surface area contributed by atoms with Gasteiger partial charge in [-0.2, -0.15) is 4.98 Å². The third kappa shape index (κ3) is 2.61. The smallest absolute Gasteiger partial charge is 0.250 e. The van der Waals surface area contributed by atoms with Gasteiger partial charge in [-0.15, -0.1) is 0 Å². The molecule has 15 heavy (non-hydrogen) atoms. The van der Waals surface area contributed by atoms with E-state index in [0.717, 1.165) is 11.3 Å². The molecule has 1 N–H and O–H groups in total. The fourth-order valence-electron chi connectivity index (χ4n) is 1.15. The van der Waals surface area contributed by atoms with Crippen molar-refractivity contribution < 1.29 is 36.0 Å². The summed E-state index contributed by atoms with van der Waals surface area (Å²) in [5, 5.41) is 9.00. The predicted molar refractivity (Wildman–Crippen MR) is 50.2 cm³/mol. The Morgan fingerprint density at radius 3 is 2.80 bits per heavy atom. The molecule has 0 saturated heterocycles. The van der Waals surface area contributed by atoms with E-state index < -0.39 is 0 Å². The van der Waals surface area contributed by atoms with Crippen molar-refractivity contribution in [3.05, 3.63) is 30.5 Å². The number of aromatic nitrogens is 1. The van der Waals surface area contributed by atoms with Crippen molar-refractivity contribution in [1.82, 2.24) is 4.98 Å². The zero-order valence-electron chi connectivity index (χ0n) is 8.10. The molecule has 5 heteroatoms. The Labute approximate surface area is 102 Å². The van der Waals surface area contributed by atoms with E-state index in [2.05, 4.69) is 4.98 Å². The molecule has 1 aromatic heterocycles. The monoisotopic (exact) mass is 239 g/mol. The second kappa shape index (κ2) is 5.00. The minimum absolute atomic E-state index is 0. The largest absolute Gasteiger partial charge is 0.497 e. The maximum Gasteiger partial charge on any atom is 0.250 e. The molecule has 0 atom stereocenters. The van der Waals surface area contributed by atoms with Gasteiger partial charge in [-0.25, -0.2) is 0 Å². The van der Waals surface area contributed by atoms with Crippen LogP contribution in [0.25, 0.3) is 11.5 Å². The summed E-state index contributed by atoms with van der Waals surface area (Å²) < 4.78 is 10.1. The molecule has 2 rings (SSSR count). The minimum Gasteiger partial charge on any atom is -0.497 e. The third-order valence-corrected chi connectivity index (χ3v) is 1.81. The molecule has 0 amide bonds. The molecular formula is C10H9NO3Ti. The van der Waals surface area contributed by atoms with Crippen molar-refractivity contribution in [2.24, 2.45) is 0 Å². The van der Waals surface area contributed by atoms with Crippen LogP contribution in [0, 0.1) is 0 Å². The molecular weight excluding hydrogens is 230 g/mol. The van der Waals surface area contributed by atoms with Gasteiger partial charge < -0.3 is 14.3 Å². The van der Waals surface area contributed by atoms with E-state index in [1.807, 2.05) is 18.2 Å². The van der Waals surface area contributed by atoms with Crippen molar-refractivity contribution >= 4 is 0 Å². The molecule has 0 radical (unpaired) electrons. The van der Waals surface area contributed by atoms with Crippen LogP contribution in [0.4, 0.5) is 0 Å². The van der Waals surface area contributed by atoms with Crippen LogP contribution in [0.2, 0.25) is 0 Å². The van der Waals surface area contributed by atoms with Gasteiger partial charge in [0.15, 0.2) is 6.26 Å². The van der Waals surface area contributed by atoms with E-state index in [4.69, 9.17) is 14.3 Å². The van der Waals surface area contributed by atoms with Gasteiger partial charge in [0.25, 0.3) is 5.88 Å². The fourth-order valence-corrected chi connectivity index (χ4v) is 1.15. The standard InChI is InChI=1S/C10H9NO3.Ti/c1-13-8-4-2-3-7(5-8)10-11-9(12)6-14-10;/h2-6,12H,1H3;. The number of benzene rings is 1. The second-order valence-corrected chi connectivity index (χ2v) is 2.74. The summed E-state index contributed by atoms with van der Waals surface area (Å²) in [5.41, 5.74) is 0.768. The fraction of sp³-hybridized carbons (Fsp3) is 0.100. The van der Waals surface area contributed by atoms with Gasteiger partial charge in [-0.3, -0.25) is 0 Å². The van der Waals surface area contributed by atoms with Gasteiger partial charge in [0.2, 0.25) is 5.89 Å². The van der Waals surface area contributed by atoms with Gasteiger partial charge in [0, 0.05) is 27.3 Å². The maximum atomic E-state index is 9.00. The zero-order valence-corrected chi connectivity index (χ0v) is 9.66. The van der Waals surface area contributed by atoms with Crippen LogP contribution in [-0.4, -0.2) is 17.2 Å². The van der Waals surface area contributed by atoms with E-state index in [9.17, 15) is 0 Å². The van der Waals surface area contributed by atoms with Crippen LogP contribution in [0.15, 0.2) is 34.9 Å². The maximum absolute atomic E-state index is 9.00. The first-order chi connectivity index (χ1) is 6.79. The van der Waals surface area contributed by atoms with Gasteiger partial charge >= 0.3 is 0 Å². The van der Waals surface area contributed by atoms with Crippen LogP contribution in [0.3, 0.4) is 0 Å². The van der Waals surface area contributed by atoms with Gasteiger partial charge in [-0.1, -0.05) is 6.07 Å². The molecule has 0 spiro atoms. The molecule has 0 unspecified atom stereocenters. The molecule has 0 aliphatic heterocycles. The van der Waals surface area contributed by atoms with E-state index in [-0.39, 0.29) is 27.6 Å². The average Bonchev–Trinajstić information content (AvgIpc) is 2.65. The molecule has 0 aliphatic carbocycles. The molecule has 76 valence electrons. The summed E-state index contributed by atoms with van der Waals surface area (Å²) in [6.45, 7) is 0. The summed E-state index contributed by atoms with van der Waals surface area (Å²) in [5.74, 6) is 0.976. The molecule has 0 aliphatic rings. The quantitative estimate of drug-likeness (QED) is 0.815. The predicted octanol–water partition coefficient (Wildman–Crippen LogP) is 2.05. The van der Waals surface area contributed by atoms with Crippen molar-refractivity contribution in [2.45, 2.75) is 0 Å². The number of ether oxygens (including phenoxy) is 1.